The van der Waals surface area contributed by atoms with Crippen molar-refractivity contribution in [3.05, 3.63) is 96.1 Å². The first-order valence-corrected chi connectivity index (χ1v) is 13.2. The summed E-state index contributed by atoms with van der Waals surface area (Å²) in [6.45, 7) is 0. The van der Waals surface area contributed by atoms with Gasteiger partial charge in [-0.05, 0) is 54.2 Å². The second-order valence-corrected chi connectivity index (χ2v) is 10.2. The molecular formula is C31H32N2O4. The van der Waals surface area contributed by atoms with Crippen LogP contribution in [0.1, 0.15) is 55.4 Å². The van der Waals surface area contributed by atoms with E-state index in [4.69, 9.17) is 9.47 Å². The molecule has 2 saturated heterocycles. The number of rotatable bonds is 6. The third-order valence-corrected chi connectivity index (χ3v) is 8.19. The zero-order valence-corrected chi connectivity index (χ0v) is 21.0. The van der Waals surface area contributed by atoms with Crippen LogP contribution in [0.2, 0.25) is 0 Å². The molecule has 4 atom stereocenters. The molecule has 1 saturated carbocycles. The molecule has 3 aliphatic rings. The van der Waals surface area contributed by atoms with Gasteiger partial charge in [-0.25, -0.2) is 4.79 Å². The molecule has 2 aliphatic heterocycles. The largest absolute Gasteiger partial charge is 0.497 e. The minimum absolute atomic E-state index is 0.0488. The number of nitrogens with zero attached hydrogens (tertiary/aromatic N) is 2. The van der Waals surface area contributed by atoms with Crippen molar-refractivity contribution in [3.63, 3.8) is 0 Å². The summed E-state index contributed by atoms with van der Waals surface area (Å²) in [4.78, 5) is 31.2. The summed E-state index contributed by atoms with van der Waals surface area (Å²) in [5, 5.41) is 0. The molecular weight excluding hydrogens is 464 g/mol. The standard InChI is InChI=1S/C31H32N2O4/c1-36-25-19-17-24(18-20-25)32-26(21-11-5-2-6-12-21)28(30(32)34)33-27(22-13-7-3-8-14-22)29(37-31(33)35)23-15-9-4-10-16-23/h3-4,7-10,13-21,26-29H,2,5-6,11-12H2,1H3/t26-,27-,28+,29+/m1/s1. The Kier molecular flexibility index (Phi) is 6.33. The van der Waals surface area contributed by atoms with Crippen molar-refractivity contribution in [1.82, 2.24) is 4.90 Å². The zero-order chi connectivity index (χ0) is 25.4. The molecule has 190 valence electrons. The molecule has 2 amide bonds. The molecule has 6 heteroatoms. The molecule has 0 N–H and O–H groups in total. The van der Waals surface area contributed by atoms with Crippen LogP contribution in [0.25, 0.3) is 0 Å². The summed E-state index contributed by atoms with van der Waals surface area (Å²) in [6.07, 6.45) is 4.74. The number of methoxy groups -OCH3 is 1. The van der Waals surface area contributed by atoms with Crippen LogP contribution in [-0.2, 0) is 9.53 Å². The van der Waals surface area contributed by atoms with Crippen molar-refractivity contribution in [2.24, 2.45) is 5.92 Å². The normalized spacial score (nSPS) is 26.1. The maximum Gasteiger partial charge on any atom is 0.411 e. The number of anilines is 1. The predicted molar refractivity (Wildman–Crippen MR) is 141 cm³/mol. The Hall–Kier alpha value is -3.80. The lowest BCUT2D eigenvalue weighted by Crippen LogP contribution is -2.73. The van der Waals surface area contributed by atoms with Crippen molar-refractivity contribution in [1.29, 1.82) is 0 Å². The summed E-state index contributed by atoms with van der Waals surface area (Å²) >= 11 is 0. The third-order valence-electron chi connectivity index (χ3n) is 8.19. The van der Waals surface area contributed by atoms with Gasteiger partial charge in [0.2, 0.25) is 0 Å². The van der Waals surface area contributed by atoms with Gasteiger partial charge in [-0.2, -0.15) is 0 Å². The topological polar surface area (TPSA) is 59.1 Å². The number of hydrogen-bond acceptors (Lipinski definition) is 4. The fourth-order valence-corrected chi connectivity index (χ4v) is 6.42. The van der Waals surface area contributed by atoms with Crippen LogP contribution in [-0.4, -0.2) is 36.1 Å². The Morgan fingerprint density at radius 1 is 0.757 bits per heavy atom. The van der Waals surface area contributed by atoms with Gasteiger partial charge in [0.05, 0.1) is 13.2 Å². The molecule has 2 heterocycles. The summed E-state index contributed by atoms with van der Waals surface area (Å²) in [7, 11) is 1.64. The van der Waals surface area contributed by atoms with Gasteiger partial charge in [-0.1, -0.05) is 79.9 Å². The van der Waals surface area contributed by atoms with E-state index in [2.05, 4.69) is 0 Å². The van der Waals surface area contributed by atoms with Crippen LogP contribution in [0.15, 0.2) is 84.9 Å². The Bertz CT molecular complexity index is 1240. The lowest BCUT2D eigenvalue weighted by molar-refractivity contribution is -0.133. The van der Waals surface area contributed by atoms with Crippen molar-refractivity contribution in [2.45, 2.75) is 56.3 Å². The molecule has 6 nitrogen and oxygen atoms in total. The summed E-state index contributed by atoms with van der Waals surface area (Å²) in [6, 6.07) is 26.4. The van der Waals surface area contributed by atoms with E-state index in [1.165, 1.54) is 6.42 Å². The van der Waals surface area contributed by atoms with Gasteiger partial charge in [-0.15, -0.1) is 0 Å². The molecule has 0 aromatic heterocycles. The van der Waals surface area contributed by atoms with Gasteiger partial charge in [0.25, 0.3) is 5.91 Å². The predicted octanol–water partition coefficient (Wildman–Crippen LogP) is 6.29. The fraction of sp³-hybridized carbons (Fsp3) is 0.355. The highest BCUT2D eigenvalue weighted by molar-refractivity contribution is 6.07. The molecule has 3 fully saturated rings. The minimum atomic E-state index is -0.559. The summed E-state index contributed by atoms with van der Waals surface area (Å²) in [5.74, 6) is 1.03. The average molecular weight is 497 g/mol. The molecule has 1 aliphatic carbocycles. The van der Waals surface area contributed by atoms with Crippen molar-refractivity contribution in [2.75, 3.05) is 12.0 Å². The summed E-state index contributed by atoms with van der Waals surface area (Å²) in [5.41, 5.74) is 2.75. The first-order chi connectivity index (χ1) is 18.2. The monoisotopic (exact) mass is 496 g/mol. The molecule has 6 rings (SSSR count). The molecule has 0 bridgehead atoms. The molecule has 37 heavy (non-hydrogen) atoms. The van der Waals surface area contributed by atoms with E-state index < -0.39 is 18.2 Å². The number of β-lactam (4-membered cyclic amide) rings is 1. The maximum atomic E-state index is 14.0. The first-order valence-electron chi connectivity index (χ1n) is 13.2. The van der Waals surface area contributed by atoms with Gasteiger partial charge < -0.3 is 14.4 Å². The van der Waals surface area contributed by atoms with Gasteiger partial charge in [-0.3, -0.25) is 9.69 Å². The number of carbonyl (C=O) groups is 2. The van der Waals surface area contributed by atoms with Crippen LogP contribution in [0.5, 0.6) is 5.75 Å². The van der Waals surface area contributed by atoms with E-state index in [0.717, 1.165) is 48.2 Å². The Labute approximate surface area is 217 Å². The lowest BCUT2D eigenvalue weighted by Gasteiger charge is -2.54. The van der Waals surface area contributed by atoms with Crippen LogP contribution in [0.4, 0.5) is 10.5 Å². The van der Waals surface area contributed by atoms with Crippen molar-refractivity contribution in [3.8, 4) is 5.75 Å². The second-order valence-electron chi connectivity index (χ2n) is 10.2. The Morgan fingerprint density at radius 3 is 2.00 bits per heavy atom. The van der Waals surface area contributed by atoms with E-state index in [0.29, 0.717) is 5.92 Å². The van der Waals surface area contributed by atoms with E-state index >= 15 is 0 Å². The highest BCUT2D eigenvalue weighted by Crippen LogP contribution is 2.49. The highest BCUT2D eigenvalue weighted by atomic mass is 16.6. The van der Waals surface area contributed by atoms with Crippen LogP contribution >= 0.6 is 0 Å². The third kappa shape index (κ3) is 4.14. The van der Waals surface area contributed by atoms with E-state index in [9.17, 15) is 9.59 Å². The van der Waals surface area contributed by atoms with E-state index in [-0.39, 0.29) is 18.0 Å². The first kappa shape index (κ1) is 23.6. The maximum absolute atomic E-state index is 14.0. The van der Waals surface area contributed by atoms with Crippen LogP contribution in [0, 0.1) is 5.92 Å². The fourth-order valence-electron chi connectivity index (χ4n) is 6.42. The van der Waals surface area contributed by atoms with Gasteiger partial charge >= 0.3 is 6.09 Å². The van der Waals surface area contributed by atoms with Gasteiger partial charge in [0.1, 0.15) is 17.8 Å². The van der Waals surface area contributed by atoms with E-state index in [1.807, 2.05) is 89.8 Å². The average Bonchev–Trinajstić information content (AvgIpc) is 3.29. The molecule has 0 unspecified atom stereocenters. The Morgan fingerprint density at radius 2 is 1.38 bits per heavy atom. The number of ether oxygens (including phenoxy) is 2. The zero-order valence-electron chi connectivity index (χ0n) is 21.0. The Balaban J connectivity index is 1.40. The number of amides is 2. The molecule has 3 aromatic rings. The van der Waals surface area contributed by atoms with Crippen molar-refractivity contribution < 1.29 is 19.1 Å². The van der Waals surface area contributed by atoms with E-state index in [1.54, 1.807) is 12.0 Å². The highest BCUT2D eigenvalue weighted by Gasteiger charge is 2.60. The molecule has 0 radical (unpaired) electrons. The number of hydrogen-bond donors (Lipinski definition) is 0. The SMILES string of the molecule is COc1ccc(N2C(=O)[C@@H](N3C(=O)O[C@@H](c4ccccc4)[C@H]3c3ccccc3)[C@H]2C2CCCCC2)cc1. The quantitative estimate of drug-likeness (QED) is 0.376. The van der Waals surface area contributed by atoms with Crippen LogP contribution in [0.3, 0.4) is 0 Å². The number of carbonyl (C=O) groups excluding carboxylic acids is 2. The number of cyclic esters (lactones) is 1. The smallest absolute Gasteiger partial charge is 0.411 e. The number of benzene rings is 3. The minimum Gasteiger partial charge on any atom is -0.497 e. The molecule has 0 spiro atoms. The van der Waals surface area contributed by atoms with Gasteiger partial charge in [0, 0.05) is 5.69 Å². The van der Waals surface area contributed by atoms with Crippen molar-refractivity contribution >= 4 is 17.7 Å². The van der Waals surface area contributed by atoms with Gasteiger partial charge in [0.15, 0.2) is 6.10 Å². The molecule has 3 aromatic carbocycles. The second kappa shape index (κ2) is 9.92. The summed E-state index contributed by atoms with van der Waals surface area (Å²) < 4.78 is 11.4. The lowest BCUT2D eigenvalue weighted by atomic mass is 9.74. The van der Waals surface area contributed by atoms with Crippen LogP contribution < -0.4 is 9.64 Å².